The number of methoxy groups -OCH3 is 1. The molecule has 0 aliphatic carbocycles. The Bertz CT molecular complexity index is 1200. The highest BCUT2D eigenvalue weighted by Gasteiger charge is 2.29. The average Bonchev–Trinajstić information content (AvgIpc) is 3.32. The van der Waals surface area contributed by atoms with Crippen molar-refractivity contribution >= 4 is 21.7 Å². The molecule has 2 aliphatic rings. The summed E-state index contributed by atoms with van der Waals surface area (Å²) in [6.45, 7) is 3.11. The van der Waals surface area contributed by atoms with Gasteiger partial charge >= 0.3 is 0 Å². The van der Waals surface area contributed by atoms with Crippen molar-refractivity contribution in [3.05, 3.63) is 47.7 Å². The number of amides is 1. The number of carbonyl (C=O) groups excluding carboxylic acids is 1. The van der Waals surface area contributed by atoms with Crippen molar-refractivity contribution in [3.8, 4) is 11.8 Å². The molecule has 2 saturated heterocycles. The van der Waals surface area contributed by atoms with Crippen LogP contribution in [-0.4, -0.2) is 74.9 Å². The first-order valence-corrected chi connectivity index (χ1v) is 13.5. The fourth-order valence-electron chi connectivity index (χ4n) is 4.68. The largest absolute Gasteiger partial charge is 0.496 e. The third-order valence-corrected chi connectivity index (χ3v) is 8.49. The first-order chi connectivity index (χ1) is 17.0. The number of rotatable bonds is 5. The number of carbonyl (C=O) groups is 1. The van der Waals surface area contributed by atoms with E-state index in [0.29, 0.717) is 62.8 Å². The van der Waals surface area contributed by atoms with Crippen molar-refractivity contribution in [1.82, 2.24) is 14.2 Å². The molecule has 1 aromatic carbocycles. The van der Waals surface area contributed by atoms with Crippen LogP contribution in [0.15, 0.2) is 41.4 Å². The zero-order valence-corrected chi connectivity index (χ0v) is 20.8. The molecule has 2 fully saturated rings. The summed E-state index contributed by atoms with van der Waals surface area (Å²) >= 11 is 0. The van der Waals surface area contributed by atoms with Crippen LogP contribution in [-0.2, 0) is 10.0 Å². The molecule has 0 N–H and O–H groups in total. The molecular weight excluding hydrogens is 466 g/mol. The third kappa shape index (κ3) is 5.41. The lowest BCUT2D eigenvalue weighted by molar-refractivity contribution is 0.0763. The topological polar surface area (TPSA) is 107 Å². The molecule has 0 bridgehead atoms. The molecule has 1 amide bonds. The predicted octanol–water partition coefficient (Wildman–Crippen LogP) is 2.88. The highest BCUT2D eigenvalue weighted by atomic mass is 32.2. The maximum absolute atomic E-state index is 13.6. The number of ether oxygens (including phenoxy) is 1. The van der Waals surface area contributed by atoms with E-state index in [4.69, 9.17) is 4.74 Å². The van der Waals surface area contributed by atoms with Gasteiger partial charge < -0.3 is 14.5 Å². The number of pyridine rings is 1. The monoisotopic (exact) mass is 497 g/mol. The van der Waals surface area contributed by atoms with Crippen LogP contribution in [0.25, 0.3) is 0 Å². The van der Waals surface area contributed by atoms with Crippen LogP contribution in [0.2, 0.25) is 0 Å². The molecule has 0 radical (unpaired) electrons. The van der Waals surface area contributed by atoms with Crippen LogP contribution in [0, 0.1) is 11.3 Å². The maximum Gasteiger partial charge on any atom is 0.257 e. The lowest BCUT2D eigenvalue weighted by atomic mass is 10.1. The van der Waals surface area contributed by atoms with E-state index < -0.39 is 10.0 Å². The number of nitriles is 1. The molecule has 0 atom stereocenters. The fraction of sp³-hybridized carbons (Fsp3) is 0.480. The lowest BCUT2D eigenvalue weighted by Crippen LogP contribution is -2.36. The van der Waals surface area contributed by atoms with Crippen LogP contribution in [0.5, 0.6) is 5.75 Å². The van der Waals surface area contributed by atoms with Gasteiger partial charge in [-0.3, -0.25) is 4.79 Å². The van der Waals surface area contributed by atoms with E-state index >= 15 is 0 Å². The zero-order chi connectivity index (χ0) is 24.8. The Balaban J connectivity index is 1.56. The number of nitrogens with zero attached hydrogens (tertiary/aromatic N) is 5. The van der Waals surface area contributed by atoms with Gasteiger partial charge in [0, 0.05) is 45.5 Å². The molecule has 10 heteroatoms. The summed E-state index contributed by atoms with van der Waals surface area (Å²) in [5, 5.41) is 9.42. The van der Waals surface area contributed by atoms with Gasteiger partial charge in [0.25, 0.3) is 5.91 Å². The Morgan fingerprint density at radius 1 is 1.00 bits per heavy atom. The van der Waals surface area contributed by atoms with Crippen LogP contribution < -0.4 is 9.64 Å². The van der Waals surface area contributed by atoms with Gasteiger partial charge in [0.1, 0.15) is 17.6 Å². The zero-order valence-electron chi connectivity index (χ0n) is 20.0. The van der Waals surface area contributed by atoms with Crippen molar-refractivity contribution in [2.24, 2.45) is 0 Å². The van der Waals surface area contributed by atoms with Gasteiger partial charge in [-0.15, -0.1) is 0 Å². The van der Waals surface area contributed by atoms with Crippen LogP contribution in [0.3, 0.4) is 0 Å². The van der Waals surface area contributed by atoms with Gasteiger partial charge in [-0.2, -0.15) is 9.57 Å². The smallest absolute Gasteiger partial charge is 0.257 e. The SMILES string of the molecule is COc1ccc(S(=O)(=O)N2CCCCCC2)cc1C(=O)N1CCCN(c2ncccc2C#N)CC1. The molecule has 0 saturated carbocycles. The molecular formula is C25H31N5O4S. The molecule has 0 unspecified atom stereocenters. The van der Waals surface area contributed by atoms with Crippen LogP contribution >= 0.6 is 0 Å². The maximum atomic E-state index is 13.6. The number of anilines is 1. The number of aromatic nitrogens is 1. The van der Waals surface area contributed by atoms with Gasteiger partial charge in [-0.1, -0.05) is 12.8 Å². The second-order valence-corrected chi connectivity index (χ2v) is 10.7. The van der Waals surface area contributed by atoms with E-state index in [1.165, 1.54) is 23.5 Å². The van der Waals surface area contributed by atoms with Crippen LogP contribution in [0.1, 0.15) is 48.0 Å². The minimum absolute atomic E-state index is 0.118. The van der Waals surface area contributed by atoms with Crippen molar-refractivity contribution < 1.29 is 17.9 Å². The average molecular weight is 498 g/mol. The molecule has 0 spiro atoms. The molecule has 2 aromatic rings. The molecule has 3 heterocycles. The molecule has 35 heavy (non-hydrogen) atoms. The van der Waals surface area contributed by atoms with E-state index in [-0.39, 0.29) is 16.4 Å². The molecule has 9 nitrogen and oxygen atoms in total. The summed E-state index contributed by atoms with van der Waals surface area (Å²) in [5.74, 6) is 0.702. The Morgan fingerprint density at radius 2 is 1.77 bits per heavy atom. The quantitative estimate of drug-likeness (QED) is 0.625. The van der Waals surface area contributed by atoms with Crippen molar-refractivity contribution in [3.63, 3.8) is 0 Å². The number of hydrogen-bond acceptors (Lipinski definition) is 7. The minimum atomic E-state index is -3.70. The Morgan fingerprint density at radius 3 is 2.49 bits per heavy atom. The van der Waals surface area contributed by atoms with E-state index in [2.05, 4.69) is 11.1 Å². The predicted molar refractivity (Wildman–Crippen MR) is 132 cm³/mol. The van der Waals surface area contributed by atoms with Crippen molar-refractivity contribution in [1.29, 1.82) is 5.26 Å². The summed E-state index contributed by atoms with van der Waals surface area (Å²) in [6, 6.07) is 10.2. The number of sulfonamides is 1. The van der Waals surface area contributed by atoms with Gasteiger partial charge in [-0.05, 0) is 49.6 Å². The van der Waals surface area contributed by atoms with E-state index in [0.717, 1.165) is 25.7 Å². The van der Waals surface area contributed by atoms with Crippen molar-refractivity contribution in [2.45, 2.75) is 37.0 Å². The van der Waals surface area contributed by atoms with Crippen LogP contribution in [0.4, 0.5) is 5.82 Å². The van der Waals surface area contributed by atoms with Gasteiger partial charge in [0.05, 0.1) is 23.1 Å². The van der Waals surface area contributed by atoms with Gasteiger partial charge in [0.15, 0.2) is 0 Å². The first-order valence-electron chi connectivity index (χ1n) is 12.0. The standard InChI is InChI=1S/C25H31N5O4S/c1-34-23-10-9-21(35(32,33)30-14-4-2-3-5-15-30)18-22(23)25(31)29-13-7-12-28(16-17-29)24-20(19-26)8-6-11-27-24/h6,8-11,18H,2-5,7,12-17H2,1H3. The summed E-state index contributed by atoms with van der Waals surface area (Å²) < 4.78 is 33.6. The van der Waals surface area contributed by atoms with Gasteiger partial charge in [-0.25, -0.2) is 13.4 Å². The highest BCUT2D eigenvalue weighted by molar-refractivity contribution is 7.89. The Hall–Kier alpha value is -3.16. The first kappa shape index (κ1) is 24.9. The third-order valence-electron chi connectivity index (χ3n) is 6.59. The minimum Gasteiger partial charge on any atom is -0.496 e. The van der Waals surface area contributed by atoms with Crippen molar-refractivity contribution in [2.75, 3.05) is 51.3 Å². The second kappa shape index (κ2) is 11.1. The molecule has 2 aliphatic heterocycles. The van der Waals surface area contributed by atoms with E-state index in [1.54, 1.807) is 29.3 Å². The number of benzene rings is 1. The second-order valence-electron chi connectivity index (χ2n) is 8.80. The highest BCUT2D eigenvalue weighted by Crippen LogP contribution is 2.28. The van der Waals surface area contributed by atoms with E-state index in [9.17, 15) is 18.5 Å². The number of hydrogen-bond donors (Lipinski definition) is 0. The normalized spacial score (nSPS) is 17.8. The molecule has 1 aromatic heterocycles. The molecule has 4 rings (SSSR count). The van der Waals surface area contributed by atoms with E-state index in [1.807, 2.05) is 4.90 Å². The Labute approximate surface area is 207 Å². The lowest BCUT2D eigenvalue weighted by Gasteiger charge is -2.24. The fourth-order valence-corrected chi connectivity index (χ4v) is 6.23. The van der Waals surface area contributed by atoms with Gasteiger partial charge in [0.2, 0.25) is 10.0 Å². The summed E-state index contributed by atoms with van der Waals surface area (Å²) in [7, 11) is -2.22. The summed E-state index contributed by atoms with van der Waals surface area (Å²) in [4.78, 5) is 21.8. The molecule has 186 valence electrons. The summed E-state index contributed by atoms with van der Waals surface area (Å²) in [5.41, 5.74) is 0.743. The summed E-state index contributed by atoms with van der Waals surface area (Å²) in [6.07, 6.45) is 6.09. The Kier molecular flexibility index (Phi) is 7.88.